The number of carbonyl (C=O) groups is 1. The van der Waals surface area contributed by atoms with Crippen molar-refractivity contribution < 1.29 is 9.53 Å². The van der Waals surface area contributed by atoms with E-state index in [2.05, 4.69) is 24.7 Å². The van der Waals surface area contributed by atoms with E-state index < -0.39 is 6.04 Å². The summed E-state index contributed by atoms with van der Waals surface area (Å²) in [5, 5.41) is 0. The van der Waals surface area contributed by atoms with Crippen LogP contribution in [0.2, 0.25) is 0 Å². The minimum atomic E-state index is -0.516. The summed E-state index contributed by atoms with van der Waals surface area (Å²) in [5.41, 5.74) is 13.6. The van der Waals surface area contributed by atoms with Crippen LogP contribution in [0.4, 0.5) is 0 Å². The molecule has 0 saturated carbocycles. The van der Waals surface area contributed by atoms with Crippen LogP contribution >= 0.6 is 0 Å². The van der Waals surface area contributed by atoms with Gasteiger partial charge in [-0.25, -0.2) is 0 Å². The number of nitrogens with two attached hydrogens (primary N) is 1. The Balaban J connectivity index is 1.82. The molecule has 2 unspecified atom stereocenters. The fraction of sp³-hybridized carbons (Fsp3) is 0.611. The van der Waals surface area contributed by atoms with Gasteiger partial charge in [0.05, 0.1) is 13.2 Å². The molecule has 1 aromatic carbocycles. The number of hydrogen-bond acceptors (Lipinski definition) is 5. The molecule has 1 saturated heterocycles. The van der Waals surface area contributed by atoms with Crippen LogP contribution in [0.3, 0.4) is 0 Å². The Kier molecular flexibility index (Phi) is 6.60. The summed E-state index contributed by atoms with van der Waals surface area (Å²) in [6.07, 6.45) is 1.49. The number of benzene rings is 1. The summed E-state index contributed by atoms with van der Waals surface area (Å²) >= 11 is 0. The Morgan fingerprint density at radius 1 is 1.25 bits per heavy atom. The molecule has 0 bridgehead atoms. The number of carbonyl (C=O) groups excluding carboxylic acids is 1. The lowest BCUT2D eigenvalue weighted by Crippen LogP contribution is -2.44. The minimum Gasteiger partial charge on any atom is -0.497 e. The maximum absolute atomic E-state index is 12.5. The maximum atomic E-state index is 12.5. The standard InChI is InChI=1S/C18H30N4O2/c1-12-16(13(2)21-20-12)9-10-22(3)18(23)17(19)11-14-5-7-15(24-4)8-6-14/h5-8,12-13,16-17,20-21H,9-11,19H2,1-4H3/t12?,13?,16?,17-/m0/s1. The monoisotopic (exact) mass is 334 g/mol. The summed E-state index contributed by atoms with van der Waals surface area (Å²) in [6, 6.07) is 7.99. The predicted octanol–water partition coefficient (Wildman–Crippen LogP) is 0.915. The number of amides is 1. The first kappa shape index (κ1) is 18.7. The smallest absolute Gasteiger partial charge is 0.239 e. The second kappa shape index (κ2) is 8.46. The molecule has 1 amide bonds. The second-order valence-corrected chi connectivity index (χ2v) is 6.74. The molecular formula is C18H30N4O2. The Labute approximate surface area is 144 Å². The molecule has 1 aliphatic rings. The summed E-state index contributed by atoms with van der Waals surface area (Å²) in [7, 11) is 3.47. The number of nitrogens with one attached hydrogen (secondary N) is 2. The normalized spacial score (nSPS) is 24.6. The van der Waals surface area contributed by atoms with Gasteiger partial charge < -0.3 is 15.4 Å². The average Bonchev–Trinajstić information content (AvgIpc) is 2.90. The predicted molar refractivity (Wildman–Crippen MR) is 95.6 cm³/mol. The molecule has 1 heterocycles. The van der Waals surface area contributed by atoms with Gasteiger partial charge in [-0.1, -0.05) is 12.1 Å². The lowest BCUT2D eigenvalue weighted by Gasteiger charge is -2.25. The first-order valence-corrected chi connectivity index (χ1v) is 8.57. The van der Waals surface area contributed by atoms with Gasteiger partial charge >= 0.3 is 0 Å². The number of likely N-dealkylation sites (N-methyl/N-ethyl adjacent to an activating group) is 1. The van der Waals surface area contributed by atoms with Gasteiger partial charge in [-0.05, 0) is 50.3 Å². The largest absolute Gasteiger partial charge is 0.497 e. The van der Waals surface area contributed by atoms with Crippen LogP contribution in [-0.2, 0) is 11.2 Å². The van der Waals surface area contributed by atoms with Gasteiger partial charge in [0.15, 0.2) is 0 Å². The van der Waals surface area contributed by atoms with Crippen molar-refractivity contribution in [3.63, 3.8) is 0 Å². The van der Waals surface area contributed by atoms with E-state index in [4.69, 9.17) is 10.5 Å². The van der Waals surface area contributed by atoms with Crippen LogP contribution in [-0.4, -0.2) is 49.6 Å². The highest BCUT2D eigenvalue weighted by molar-refractivity contribution is 5.81. The van der Waals surface area contributed by atoms with E-state index in [1.165, 1.54) is 0 Å². The summed E-state index contributed by atoms with van der Waals surface area (Å²) in [5.74, 6) is 1.31. The second-order valence-electron chi connectivity index (χ2n) is 6.74. The van der Waals surface area contributed by atoms with Gasteiger partial charge in [0, 0.05) is 25.7 Å². The van der Waals surface area contributed by atoms with Gasteiger partial charge in [0.1, 0.15) is 5.75 Å². The first-order chi connectivity index (χ1) is 11.4. The van der Waals surface area contributed by atoms with E-state index in [0.29, 0.717) is 24.4 Å². The number of methoxy groups -OCH3 is 1. The molecule has 24 heavy (non-hydrogen) atoms. The lowest BCUT2D eigenvalue weighted by atomic mass is 9.93. The van der Waals surface area contributed by atoms with Crippen LogP contribution in [0.5, 0.6) is 5.75 Å². The molecule has 4 N–H and O–H groups in total. The molecule has 1 fully saturated rings. The molecule has 0 aliphatic carbocycles. The molecule has 0 aromatic heterocycles. The van der Waals surface area contributed by atoms with Crippen LogP contribution in [0.25, 0.3) is 0 Å². The topological polar surface area (TPSA) is 79.6 Å². The van der Waals surface area contributed by atoms with Gasteiger partial charge in [-0.15, -0.1) is 0 Å². The third-order valence-corrected chi connectivity index (χ3v) is 4.93. The van der Waals surface area contributed by atoms with E-state index in [1.54, 1.807) is 12.0 Å². The van der Waals surface area contributed by atoms with Crippen LogP contribution in [0.15, 0.2) is 24.3 Å². The quantitative estimate of drug-likeness (QED) is 0.691. The molecule has 6 heteroatoms. The summed E-state index contributed by atoms with van der Waals surface area (Å²) < 4.78 is 5.14. The maximum Gasteiger partial charge on any atom is 0.239 e. The van der Waals surface area contributed by atoms with Gasteiger partial charge in [-0.3, -0.25) is 15.6 Å². The molecule has 1 aromatic rings. The molecule has 6 nitrogen and oxygen atoms in total. The van der Waals surface area contributed by atoms with Crippen LogP contribution in [0, 0.1) is 5.92 Å². The van der Waals surface area contributed by atoms with Crippen molar-refractivity contribution in [3.8, 4) is 5.75 Å². The van der Waals surface area contributed by atoms with Crippen molar-refractivity contribution in [2.45, 2.75) is 44.8 Å². The summed E-state index contributed by atoms with van der Waals surface area (Å²) in [4.78, 5) is 14.2. The highest BCUT2D eigenvalue weighted by atomic mass is 16.5. The first-order valence-electron chi connectivity index (χ1n) is 8.57. The minimum absolute atomic E-state index is 0.00922. The van der Waals surface area contributed by atoms with Gasteiger partial charge in [-0.2, -0.15) is 0 Å². The number of nitrogens with zero attached hydrogens (tertiary/aromatic N) is 1. The van der Waals surface area contributed by atoms with Crippen molar-refractivity contribution in [1.29, 1.82) is 0 Å². The molecule has 3 atom stereocenters. The average molecular weight is 334 g/mol. The van der Waals surface area contributed by atoms with E-state index in [-0.39, 0.29) is 5.91 Å². The third-order valence-electron chi connectivity index (χ3n) is 4.93. The number of rotatable bonds is 7. The van der Waals surface area contributed by atoms with E-state index in [9.17, 15) is 4.79 Å². The van der Waals surface area contributed by atoms with Crippen molar-refractivity contribution in [2.75, 3.05) is 20.7 Å². The molecule has 2 rings (SSSR count). The van der Waals surface area contributed by atoms with Crippen LogP contribution < -0.4 is 21.3 Å². The number of hydrazine groups is 1. The number of hydrogen-bond donors (Lipinski definition) is 3. The number of ether oxygens (including phenoxy) is 1. The SMILES string of the molecule is COc1ccc(C[C@H](N)C(=O)N(C)CCC2C(C)NNC2C)cc1. The Morgan fingerprint density at radius 2 is 1.83 bits per heavy atom. The Morgan fingerprint density at radius 3 is 2.38 bits per heavy atom. The van der Waals surface area contributed by atoms with Gasteiger partial charge in [0.2, 0.25) is 5.91 Å². The fourth-order valence-corrected chi connectivity index (χ4v) is 3.25. The highest BCUT2D eigenvalue weighted by Gasteiger charge is 2.30. The fourth-order valence-electron chi connectivity index (χ4n) is 3.25. The van der Waals surface area contributed by atoms with Crippen molar-refractivity contribution in [2.24, 2.45) is 11.7 Å². The Hall–Kier alpha value is -1.63. The van der Waals surface area contributed by atoms with Crippen molar-refractivity contribution in [1.82, 2.24) is 15.8 Å². The van der Waals surface area contributed by atoms with E-state index in [0.717, 1.165) is 24.3 Å². The van der Waals surface area contributed by atoms with Crippen LogP contribution in [0.1, 0.15) is 25.8 Å². The molecule has 0 spiro atoms. The lowest BCUT2D eigenvalue weighted by molar-refractivity contribution is -0.131. The highest BCUT2D eigenvalue weighted by Crippen LogP contribution is 2.19. The zero-order valence-corrected chi connectivity index (χ0v) is 15.1. The van der Waals surface area contributed by atoms with E-state index >= 15 is 0 Å². The zero-order valence-electron chi connectivity index (χ0n) is 15.1. The van der Waals surface area contributed by atoms with E-state index in [1.807, 2.05) is 31.3 Å². The molecule has 134 valence electrons. The van der Waals surface area contributed by atoms with Gasteiger partial charge in [0.25, 0.3) is 0 Å². The zero-order chi connectivity index (χ0) is 17.7. The molecular weight excluding hydrogens is 304 g/mol. The summed E-state index contributed by atoms with van der Waals surface area (Å²) in [6.45, 7) is 5.05. The third kappa shape index (κ3) is 4.69. The molecule has 0 radical (unpaired) electrons. The van der Waals surface area contributed by atoms with Crippen molar-refractivity contribution in [3.05, 3.63) is 29.8 Å². The molecule has 1 aliphatic heterocycles. The van der Waals surface area contributed by atoms with Crippen molar-refractivity contribution >= 4 is 5.91 Å². The Bertz CT molecular complexity index is 524.